The second-order valence-electron chi connectivity index (χ2n) is 10.1. The Morgan fingerprint density at radius 3 is 2.62 bits per heavy atom. The number of imidazole rings is 2. The van der Waals surface area contributed by atoms with Gasteiger partial charge in [-0.05, 0) is 25.1 Å². The molecule has 0 aliphatic heterocycles. The summed E-state index contributed by atoms with van der Waals surface area (Å²) >= 11 is 0. The molecule has 0 amide bonds. The minimum absolute atomic E-state index is 0.322. The predicted molar refractivity (Wildman–Crippen MR) is 141 cm³/mol. The number of hydrogen-bond acceptors (Lipinski definition) is 8. The zero-order valence-electron chi connectivity index (χ0n) is 20.9. The second-order valence-corrected chi connectivity index (χ2v) is 10.1. The molecular weight excluding hydrogens is 468 g/mol. The van der Waals surface area contributed by atoms with Gasteiger partial charge in [0, 0.05) is 23.4 Å². The molecule has 0 saturated carbocycles. The van der Waals surface area contributed by atoms with Crippen LogP contribution < -0.4 is 5.32 Å². The van der Waals surface area contributed by atoms with Crippen molar-refractivity contribution in [3.8, 4) is 28.5 Å². The van der Waals surface area contributed by atoms with E-state index in [1.54, 1.807) is 31.1 Å². The van der Waals surface area contributed by atoms with E-state index in [0.29, 0.717) is 22.7 Å². The molecule has 11 nitrogen and oxygen atoms in total. The Kier molecular flexibility index (Phi) is 5.23. The maximum atomic E-state index is 10.4. The fourth-order valence-electron chi connectivity index (χ4n) is 4.03. The van der Waals surface area contributed by atoms with Crippen LogP contribution in [0.15, 0.2) is 55.5 Å². The molecule has 0 fully saturated rings. The number of aromatic nitrogens is 9. The minimum atomic E-state index is -0.723. The highest BCUT2D eigenvalue weighted by atomic mass is 16.3. The first-order valence-electron chi connectivity index (χ1n) is 11.9. The number of aliphatic hydroxyl groups excluding tert-OH is 1. The molecule has 0 spiro atoms. The van der Waals surface area contributed by atoms with Crippen LogP contribution in [0.5, 0.6) is 0 Å². The Morgan fingerprint density at radius 1 is 1.00 bits per heavy atom. The van der Waals surface area contributed by atoms with Gasteiger partial charge < -0.3 is 20.0 Å². The van der Waals surface area contributed by atoms with E-state index in [1.165, 1.54) is 0 Å². The number of nitrogens with zero attached hydrogens (tertiary/aromatic N) is 7. The molecule has 6 heterocycles. The first kappa shape index (κ1) is 22.8. The summed E-state index contributed by atoms with van der Waals surface area (Å²) in [5.41, 5.74) is 7.26. The van der Waals surface area contributed by atoms with Gasteiger partial charge in [-0.25, -0.2) is 15.0 Å². The molecule has 0 aromatic carbocycles. The largest absolute Gasteiger partial charge is 0.373 e. The SMILES string of the molecule is Cc1cn(-c2cncc3[nH]c(-c4n[nH]c5ccc(-c6cncc(NC(O)C(C)(C)C)c6)nc45)nc23)cn1. The Bertz CT molecular complexity index is 1740. The third-order valence-corrected chi connectivity index (χ3v) is 6.15. The van der Waals surface area contributed by atoms with Gasteiger partial charge in [-0.15, -0.1) is 0 Å². The van der Waals surface area contributed by atoms with Gasteiger partial charge in [-0.1, -0.05) is 20.8 Å². The maximum Gasteiger partial charge on any atom is 0.161 e. The Labute approximate surface area is 212 Å². The number of aromatic amines is 2. The van der Waals surface area contributed by atoms with Crippen LogP contribution in [-0.2, 0) is 0 Å². The van der Waals surface area contributed by atoms with Gasteiger partial charge in [0.05, 0.1) is 58.7 Å². The van der Waals surface area contributed by atoms with Gasteiger partial charge in [0.2, 0.25) is 0 Å². The number of aliphatic hydroxyl groups is 1. The fraction of sp³-hybridized carbons (Fsp3) is 0.231. The van der Waals surface area contributed by atoms with Gasteiger partial charge in [-0.2, -0.15) is 5.10 Å². The van der Waals surface area contributed by atoms with Crippen molar-refractivity contribution in [3.63, 3.8) is 0 Å². The Hall–Kier alpha value is -4.64. The fourth-order valence-corrected chi connectivity index (χ4v) is 4.03. The molecule has 0 radical (unpaired) electrons. The third kappa shape index (κ3) is 4.19. The summed E-state index contributed by atoms with van der Waals surface area (Å²) in [7, 11) is 0. The van der Waals surface area contributed by atoms with Crippen molar-refractivity contribution in [2.24, 2.45) is 5.41 Å². The lowest BCUT2D eigenvalue weighted by molar-refractivity contribution is 0.0880. The van der Waals surface area contributed by atoms with E-state index in [0.717, 1.165) is 39.2 Å². The minimum Gasteiger partial charge on any atom is -0.373 e. The summed E-state index contributed by atoms with van der Waals surface area (Å²) < 4.78 is 1.90. The van der Waals surface area contributed by atoms with Crippen LogP contribution in [0.25, 0.3) is 50.5 Å². The van der Waals surface area contributed by atoms with Crippen molar-refractivity contribution in [1.82, 2.24) is 44.7 Å². The highest BCUT2D eigenvalue weighted by molar-refractivity contribution is 5.92. The number of pyridine rings is 3. The number of nitrogens with one attached hydrogen (secondary N) is 3. The van der Waals surface area contributed by atoms with Crippen molar-refractivity contribution in [1.29, 1.82) is 0 Å². The maximum absolute atomic E-state index is 10.4. The van der Waals surface area contributed by atoms with E-state index in [-0.39, 0.29) is 5.41 Å². The van der Waals surface area contributed by atoms with E-state index < -0.39 is 6.23 Å². The van der Waals surface area contributed by atoms with Crippen LogP contribution >= 0.6 is 0 Å². The van der Waals surface area contributed by atoms with Crippen molar-refractivity contribution in [2.75, 3.05) is 5.32 Å². The topological polar surface area (TPSA) is 146 Å². The molecule has 0 bridgehead atoms. The van der Waals surface area contributed by atoms with E-state index in [9.17, 15) is 5.11 Å². The van der Waals surface area contributed by atoms with Crippen LogP contribution in [0.3, 0.4) is 0 Å². The average molecular weight is 495 g/mol. The van der Waals surface area contributed by atoms with Crippen LogP contribution in [0.1, 0.15) is 26.5 Å². The van der Waals surface area contributed by atoms with E-state index >= 15 is 0 Å². The van der Waals surface area contributed by atoms with Gasteiger partial charge in [-0.3, -0.25) is 15.1 Å². The predicted octanol–water partition coefficient (Wildman–Crippen LogP) is 4.23. The number of hydrogen-bond donors (Lipinski definition) is 4. The molecule has 6 aromatic heterocycles. The van der Waals surface area contributed by atoms with Crippen LogP contribution in [0.2, 0.25) is 0 Å². The number of rotatable bonds is 5. The van der Waals surface area contributed by atoms with E-state index in [4.69, 9.17) is 9.97 Å². The smallest absolute Gasteiger partial charge is 0.161 e. The third-order valence-electron chi connectivity index (χ3n) is 6.15. The van der Waals surface area contributed by atoms with Crippen LogP contribution in [0.4, 0.5) is 5.69 Å². The molecular formula is C26H26N10O. The summed E-state index contributed by atoms with van der Waals surface area (Å²) in [4.78, 5) is 26.1. The molecule has 1 unspecified atom stereocenters. The second kappa shape index (κ2) is 8.49. The lowest BCUT2D eigenvalue weighted by Gasteiger charge is -2.27. The highest BCUT2D eigenvalue weighted by Crippen LogP contribution is 2.30. The summed E-state index contributed by atoms with van der Waals surface area (Å²) in [6.07, 6.45) is 9.88. The molecule has 4 N–H and O–H groups in total. The highest BCUT2D eigenvalue weighted by Gasteiger charge is 2.22. The van der Waals surface area contributed by atoms with Gasteiger partial charge in [0.25, 0.3) is 0 Å². The number of anilines is 1. The molecule has 0 aliphatic rings. The summed E-state index contributed by atoms with van der Waals surface area (Å²) in [5.74, 6) is 0.582. The van der Waals surface area contributed by atoms with Gasteiger partial charge in [0.1, 0.15) is 17.3 Å². The summed E-state index contributed by atoms with van der Waals surface area (Å²) in [6.45, 7) is 7.83. The Balaban J connectivity index is 1.39. The normalized spacial score (nSPS) is 12.9. The first-order chi connectivity index (χ1) is 17.8. The molecule has 0 aliphatic carbocycles. The molecule has 6 aromatic rings. The van der Waals surface area contributed by atoms with Gasteiger partial charge in [0.15, 0.2) is 11.5 Å². The van der Waals surface area contributed by atoms with Crippen molar-refractivity contribution in [3.05, 3.63) is 61.2 Å². The zero-order valence-corrected chi connectivity index (χ0v) is 20.9. The molecule has 37 heavy (non-hydrogen) atoms. The van der Waals surface area contributed by atoms with E-state index in [1.807, 2.05) is 56.7 Å². The number of fused-ring (bicyclic) bond motifs is 2. The lowest BCUT2D eigenvalue weighted by Crippen LogP contribution is -2.33. The summed E-state index contributed by atoms with van der Waals surface area (Å²) in [6, 6.07) is 5.76. The average Bonchev–Trinajstić information content (AvgIpc) is 3.60. The standard InChI is InChI=1S/C26H26N10O/c1-14-12-36(13-29-14)20-11-28-10-19-21(20)33-24(32-19)23-22-18(34-35-23)6-5-17(31-22)15-7-16(9-27-8-15)30-25(37)26(2,3)4/h5-13,25,30,37H,1-4H3,(H,32,33)(H,34,35). The monoisotopic (exact) mass is 494 g/mol. The van der Waals surface area contributed by atoms with Crippen molar-refractivity contribution in [2.45, 2.75) is 33.9 Å². The van der Waals surface area contributed by atoms with E-state index in [2.05, 4.69) is 35.5 Å². The quantitative estimate of drug-likeness (QED) is 0.260. The first-order valence-corrected chi connectivity index (χ1v) is 11.9. The lowest BCUT2D eigenvalue weighted by atomic mass is 9.94. The van der Waals surface area contributed by atoms with Crippen LogP contribution in [0, 0.1) is 12.3 Å². The molecule has 186 valence electrons. The molecule has 11 heteroatoms. The summed E-state index contributed by atoms with van der Waals surface area (Å²) in [5, 5.41) is 21.1. The Morgan fingerprint density at radius 2 is 1.84 bits per heavy atom. The zero-order chi connectivity index (χ0) is 25.7. The van der Waals surface area contributed by atoms with Crippen LogP contribution in [-0.4, -0.2) is 56.0 Å². The van der Waals surface area contributed by atoms with Crippen molar-refractivity contribution >= 4 is 27.8 Å². The number of aryl methyl sites for hydroxylation is 1. The van der Waals surface area contributed by atoms with Crippen molar-refractivity contribution < 1.29 is 5.11 Å². The molecule has 1 atom stereocenters. The number of H-pyrrole nitrogens is 2. The molecule has 0 saturated heterocycles. The van der Waals surface area contributed by atoms with Gasteiger partial charge >= 0.3 is 0 Å². The molecule has 6 rings (SSSR count).